The summed E-state index contributed by atoms with van der Waals surface area (Å²) in [5.41, 5.74) is 0. The Labute approximate surface area is 194 Å². The van der Waals surface area contributed by atoms with Crippen LogP contribution in [0.2, 0.25) is 0 Å². The number of rotatable bonds is 12. The number of hydrogen-bond donors (Lipinski definition) is 0. The van der Waals surface area contributed by atoms with E-state index in [4.69, 9.17) is 9.47 Å². The molecule has 0 unspecified atom stereocenters. The molecular weight excluding hydrogens is 490 g/mol. The van der Waals surface area contributed by atoms with Crippen molar-refractivity contribution in [3.8, 4) is 11.5 Å². The van der Waals surface area contributed by atoms with Crippen molar-refractivity contribution in [3.05, 3.63) is 18.2 Å². The van der Waals surface area contributed by atoms with Crippen LogP contribution in [0.15, 0.2) is 18.2 Å². The van der Waals surface area contributed by atoms with Crippen molar-refractivity contribution in [2.45, 2.75) is 41.5 Å². The predicted octanol–water partition coefficient (Wildman–Crippen LogP) is 7.50. The van der Waals surface area contributed by atoms with Crippen LogP contribution in [-0.2, 0) is 0 Å². The van der Waals surface area contributed by atoms with Gasteiger partial charge >= 0.3 is 33.0 Å². The first-order chi connectivity index (χ1) is 15.0. The van der Waals surface area contributed by atoms with E-state index in [2.05, 4.69) is 67.7 Å². The molecule has 0 saturated heterocycles. The summed E-state index contributed by atoms with van der Waals surface area (Å²) in [6, 6.07) is 6.32. The number of halogens is 6. The van der Waals surface area contributed by atoms with Crippen LogP contribution in [0.1, 0.15) is 41.5 Å². The SMILES string of the molecule is CCN(CC)[P+](c1ccc(OC)cc1OC)(N(CC)CC)N(CC)CC.F[P-](F)(F)(F)(F)F. The van der Waals surface area contributed by atoms with Gasteiger partial charge in [-0.2, -0.15) is 0 Å². The monoisotopic (exact) mass is 529 g/mol. The van der Waals surface area contributed by atoms with E-state index in [-0.39, 0.29) is 0 Å². The van der Waals surface area contributed by atoms with Gasteiger partial charge in [-0.3, -0.25) is 0 Å². The van der Waals surface area contributed by atoms with Gasteiger partial charge in [-0.1, -0.05) is 0 Å². The Bertz CT molecular complexity index is 683. The van der Waals surface area contributed by atoms with E-state index in [1.54, 1.807) is 14.2 Å². The molecular formula is C20H39F6N3O2P2. The van der Waals surface area contributed by atoms with Crippen molar-refractivity contribution in [2.24, 2.45) is 0 Å². The molecule has 0 aliphatic rings. The topological polar surface area (TPSA) is 28.2 Å². The molecule has 0 bridgehead atoms. The summed E-state index contributed by atoms with van der Waals surface area (Å²) in [6.07, 6.45) is 0. The van der Waals surface area contributed by atoms with Gasteiger partial charge in [0.1, 0.15) is 5.75 Å². The summed E-state index contributed by atoms with van der Waals surface area (Å²) in [5.74, 6) is 1.76. The van der Waals surface area contributed by atoms with Crippen molar-refractivity contribution in [1.29, 1.82) is 0 Å². The standard InChI is InChI=1S/C20H39N3O2P.F6P/c1-9-21(10-2)26(22(11-3)12-4,23(13-5)14-6)20-16-15-18(24-7)17-19(20)25-8;1-7(2,3,4,5)6/h15-17H,9-14H2,1-8H3;/q+1;-1. The Hall–Kier alpha value is -0.860. The van der Waals surface area contributed by atoms with Crippen LogP contribution in [0.5, 0.6) is 11.5 Å². The third-order valence-electron chi connectivity index (χ3n) is 5.08. The molecule has 1 aromatic rings. The minimum atomic E-state index is -10.7. The van der Waals surface area contributed by atoms with E-state index in [1.807, 2.05) is 6.07 Å². The third kappa shape index (κ3) is 9.73. The van der Waals surface area contributed by atoms with Crippen molar-refractivity contribution in [2.75, 3.05) is 53.5 Å². The summed E-state index contributed by atoms with van der Waals surface area (Å²) >= 11 is 0. The van der Waals surface area contributed by atoms with Gasteiger partial charge in [0, 0.05) is 45.3 Å². The molecule has 0 spiro atoms. The van der Waals surface area contributed by atoms with Gasteiger partial charge in [0.05, 0.1) is 14.2 Å². The normalized spacial score (nSPS) is 14.6. The quantitative estimate of drug-likeness (QED) is 0.207. The average Bonchev–Trinajstić information content (AvgIpc) is 2.72. The van der Waals surface area contributed by atoms with Crippen LogP contribution < -0.4 is 14.8 Å². The molecule has 33 heavy (non-hydrogen) atoms. The average molecular weight is 529 g/mol. The minimum absolute atomic E-state index is 0.836. The van der Waals surface area contributed by atoms with E-state index in [0.29, 0.717) is 0 Å². The first-order valence-corrected chi connectivity index (χ1v) is 14.6. The summed E-state index contributed by atoms with van der Waals surface area (Å²) in [7, 11) is -9.13. The zero-order valence-electron chi connectivity index (χ0n) is 20.8. The molecule has 1 rings (SSSR count). The second-order valence-corrected chi connectivity index (χ2v) is 12.2. The Morgan fingerprint density at radius 1 is 0.667 bits per heavy atom. The number of methoxy groups -OCH3 is 2. The molecule has 13 heteroatoms. The molecule has 198 valence electrons. The van der Waals surface area contributed by atoms with Gasteiger partial charge in [0.2, 0.25) is 0 Å². The fraction of sp³-hybridized carbons (Fsp3) is 0.700. The maximum absolute atomic E-state index is 10.7. The van der Waals surface area contributed by atoms with Crippen LogP contribution in [0.25, 0.3) is 0 Å². The first kappa shape index (κ1) is 32.1. The zero-order valence-corrected chi connectivity index (χ0v) is 22.6. The number of ether oxygens (including phenoxy) is 2. The Kier molecular flexibility index (Phi) is 11.4. The summed E-state index contributed by atoms with van der Waals surface area (Å²) in [6.45, 7) is 19.6. The molecule has 0 aromatic heterocycles. The Morgan fingerprint density at radius 2 is 1.00 bits per heavy atom. The molecule has 0 atom stereocenters. The van der Waals surface area contributed by atoms with Crippen molar-refractivity contribution < 1.29 is 34.7 Å². The molecule has 0 aliphatic heterocycles. The molecule has 1 aromatic carbocycles. The van der Waals surface area contributed by atoms with Gasteiger partial charge in [-0.05, 0) is 53.7 Å². The molecule has 5 nitrogen and oxygen atoms in total. The van der Waals surface area contributed by atoms with Crippen LogP contribution >= 0.6 is 15.5 Å². The maximum atomic E-state index is 9.87. The van der Waals surface area contributed by atoms with Crippen LogP contribution in [0.3, 0.4) is 0 Å². The number of nitrogens with zero attached hydrogens (tertiary/aromatic N) is 3. The molecule has 0 radical (unpaired) electrons. The van der Waals surface area contributed by atoms with E-state index in [1.165, 1.54) is 5.30 Å². The zero-order chi connectivity index (χ0) is 26.2. The van der Waals surface area contributed by atoms with E-state index in [0.717, 1.165) is 50.8 Å². The van der Waals surface area contributed by atoms with E-state index >= 15 is 0 Å². The van der Waals surface area contributed by atoms with Crippen molar-refractivity contribution in [1.82, 2.24) is 14.0 Å². The van der Waals surface area contributed by atoms with Gasteiger partial charge in [-0.25, -0.2) is 0 Å². The Morgan fingerprint density at radius 3 is 1.24 bits per heavy atom. The van der Waals surface area contributed by atoms with Crippen molar-refractivity contribution >= 4 is 20.8 Å². The molecule has 0 saturated carbocycles. The first-order valence-electron chi connectivity index (χ1n) is 10.9. The third-order valence-corrected chi connectivity index (χ3v) is 10.2. The number of hydrogen-bond acceptors (Lipinski definition) is 5. The van der Waals surface area contributed by atoms with Gasteiger partial charge < -0.3 is 9.47 Å². The summed E-state index contributed by atoms with van der Waals surface area (Å²) in [4.78, 5) is 0. The predicted molar refractivity (Wildman–Crippen MR) is 128 cm³/mol. The second-order valence-electron chi connectivity index (χ2n) is 6.98. The van der Waals surface area contributed by atoms with Crippen molar-refractivity contribution in [3.63, 3.8) is 0 Å². The van der Waals surface area contributed by atoms with Gasteiger partial charge in [0.15, 0.2) is 11.1 Å². The number of benzene rings is 1. The second kappa shape index (κ2) is 11.7. The van der Waals surface area contributed by atoms with Crippen LogP contribution in [-0.4, -0.2) is 67.5 Å². The Balaban J connectivity index is 0.00000126. The van der Waals surface area contributed by atoms with E-state index in [9.17, 15) is 25.2 Å². The van der Waals surface area contributed by atoms with Crippen LogP contribution in [0.4, 0.5) is 25.2 Å². The fourth-order valence-corrected chi connectivity index (χ4v) is 8.96. The van der Waals surface area contributed by atoms with E-state index < -0.39 is 15.5 Å². The van der Waals surface area contributed by atoms with Crippen LogP contribution in [0, 0.1) is 0 Å². The molecule has 0 N–H and O–H groups in total. The van der Waals surface area contributed by atoms with Gasteiger partial charge in [-0.15, -0.1) is 14.0 Å². The fourth-order valence-electron chi connectivity index (χ4n) is 3.88. The van der Waals surface area contributed by atoms with Gasteiger partial charge in [0.25, 0.3) is 7.71 Å². The molecule has 0 aliphatic carbocycles. The summed E-state index contributed by atoms with van der Waals surface area (Å²) < 4.78 is 78.5. The molecule has 0 heterocycles. The summed E-state index contributed by atoms with van der Waals surface area (Å²) in [5, 5.41) is 1.29. The molecule has 0 fully saturated rings. The molecule has 0 amide bonds.